The van der Waals surface area contributed by atoms with E-state index in [0.717, 1.165) is 19.6 Å². The molecule has 214 valence electrons. The van der Waals surface area contributed by atoms with E-state index in [1.165, 1.54) is 32.8 Å². The van der Waals surface area contributed by atoms with Gasteiger partial charge in [0.15, 0.2) is 11.6 Å². The maximum Gasteiger partial charge on any atom is 0.154 e. The summed E-state index contributed by atoms with van der Waals surface area (Å²) in [5, 5.41) is 8.73. The second-order valence-electron chi connectivity index (χ2n) is 6.32. The minimum atomic E-state index is -0.273. The third-order valence-corrected chi connectivity index (χ3v) is 2.87. The molecular formula is C28H66O6. The quantitative estimate of drug-likeness (QED) is 0.285. The van der Waals surface area contributed by atoms with Gasteiger partial charge in [0.25, 0.3) is 0 Å². The molecule has 1 fully saturated rings. The van der Waals surface area contributed by atoms with E-state index < -0.39 is 0 Å². The Morgan fingerprint density at radius 2 is 1.29 bits per heavy atom. The zero-order valence-electron chi connectivity index (χ0n) is 21.4. The summed E-state index contributed by atoms with van der Waals surface area (Å²) in [4.78, 5) is 19.7. The average molecular weight is 499 g/mol. The Morgan fingerprint density at radius 3 is 1.32 bits per heavy atom. The molecule has 1 rings (SSSR count). The molecule has 0 radical (unpaired) electrons. The van der Waals surface area contributed by atoms with Crippen molar-refractivity contribution in [2.75, 3.05) is 34.0 Å². The third kappa shape index (κ3) is 110. The maximum absolute atomic E-state index is 10.0. The van der Waals surface area contributed by atoms with E-state index in [2.05, 4.69) is 43.4 Å². The number of hydrogen-bond acceptors (Lipinski definition) is 6. The predicted octanol–water partition coefficient (Wildman–Crippen LogP) is 7.73. The monoisotopic (exact) mass is 498 g/mol. The highest BCUT2D eigenvalue weighted by Crippen LogP contribution is 2.10. The molecule has 0 bridgehead atoms. The number of aliphatic hydroxyl groups excluding tert-OH is 1. The topological polar surface area (TPSA) is 85.4 Å². The molecule has 0 aromatic heterocycles. The Balaban J connectivity index is -0.0000000313. The third-order valence-electron chi connectivity index (χ3n) is 2.87. The molecule has 1 aliphatic rings. The molecule has 0 aromatic rings. The van der Waals surface area contributed by atoms with Gasteiger partial charge in [0.1, 0.15) is 0 Å². The van der Waals surface area contributed by atoms with E-state index in [-0.39, 0.29) is 47.4 Å². The van der Waals surface area contributed by atoms with Crippen LogP contribution in [0.25, 0.3) is 0 Å². The molecule has 6 heteroatoms. The summed E-state index contributed by atoms with van der Waals surface area (Å²) >= 11 is 0. The summed E-state index contributed by atoms with van der Waals surface area (Å²) in [6.45, 7) is 23.8. The Morgan fingerprint density at radius 1 is 1.00 bits per heavy atom. The molecule has 0 spiro atoms. The number of ether oxygens (including phenoxy) is 3. The molecule has 0 saturated carbocycles. The Labute approximate surface area is 216 Å². The van der Waals surface area contributed by atoms with E-state index in [9.17, 15) is 9.59 Å². The van der Waals surface area contributed by atoms with Gasteiger partial charge in [0.2, 0.25) is 0 Å². The summed E-state index contributed by atoms with van der Waals surface area (Å²) in [5.41, 5.74) is 0.620. The normalized spacial score (nSPS) is 11.7. The first-order valence-electron chi connectivity index (χ1n) is 10.6. The van der Waals surface area contributed by atoms with Gasteiger partial charge in [-0.15, -0.1) is 0 Å². The van der Waals surface area contributed by atoms with E-state index in [0.29, 0.717) is 18.3 Å². The van der Waals surface area contributed by atoms with Crippen LogP contribution in [0.1, 0.15) is 104 Å². The minimum absolute atomic E-state index is 0. The fourth-order valence-corrected chi connectivity index (χ4v) is 0.614. The zero-order chi connectivity index (χ0) is 25.0. The maximum atomic E-state index is 10.0. The molecule has 2 unspecified atom stereocenters. The molecule has 2 atom stereocenters. The van der Waals surface area contributed by atoms with Gasteiger partial charge >= 0.3 is 0 Å². The van der Waals surface area contributed by atoms with Gasteiger partial charge in [-0.3, -0.25) is 9.59 Å². The molecule has 0 aromatic carbocycles. The predicted molar refractivity (Wildman–Crippen MR) is 155 cm³/mol. The molecule has 0 aliphatic carbocycles. The molecule has 34 heavy (non-hydrogen) atoms. The van der Waals surface area contributed by atoms with Crippen LogP contribution in [0.5, 0.6) is 0 Å². The van der Waals surface area contributed by atoms with Crippen molar-refractivity contribution in [2.45, 2.75) is 117 Å². The Bertz CT molecular complexity index is 363. The highest BCUT2D eigenvalue weighted by atomic mass is 16.6. The van der Waals surface area contributed by atoms with Crippen molar-refractivity contribution < 1.29 is 28.9 Å². The van der Waals surface area contributed by atoms with Gasteiger partial charge in [-0.2, -0.15) is 0 Å². The Kier molecular flexibility index (Phi) is 91.4. The number of allylic oxidation sites excluding steroid dienone is 2. The van der Waals surface area contributed by atoms with E-state index in [1.807, 2.05) is 13.8 Å². The lowest BCUT2D eigenvalue weighted by atomic mass is 10.3. The number of rotatable bonds is 7. The van der Waals surface area contributed by atoms with Gasteiger partial charge in [-0.05, 0) is 52.2 Å². The fourth-order valence-electron chi connectivity index (χ4n) is 0.614. The lowest BCUT2D eigenvalue weighted by Gasteiger charge is -2.02. The van der Waals surface area contributed by atoms with Crippen LogP contribution in [0, 0.1) is 0 Å². The summed E-state index contributed by atoms with van der Waals surface area (Å²) in [6, 6.07) is 0. The zero-order valence-corrected chi connectivity index (χ0v) is 21.4. The lowest BCUT2D eigenvalue weighted by Crippen LogP contribution is -2.11. The van der Waals surface area contributed by atoms with Crippen LogP contribution in [0.3, 0.4) is 0 Å². The lowest BCUT2D eigenvalue weighted by molar-refractivity contribution is -0.114. The summed E-state index contributed by atoms with van der Waals surface area (Å²) in [7, 11) is 3.26. The van der Waals surface area contributed by atoms with Gasteiger partial charge < -0.3 is 19.3 Å². The molecule has 1 heterocycles. The van der Waals surface area contributed by atoms with Gasteiger partial charge in [-0.1, -0.05) is 77.0 Å². The van der Waals surface area contributed by atoms with Crippen LogP contribution < -0.4 is 0 Å². The van der Waals surface area contributed by atoms with Crippen molar-refractivity contribution in [3.63, 3.8) is 0 Å². The summed E-state index contributed by atoms with van der Waals surface area (Å²) in [5.74, 6) is 0.0833. The van der Waals surface area contributed by atoms with Crippen molar-refractivity contribution in [1.82, 2.24) is 0 Å². The number of carbonyl (C=O) groups is 2. The number of hydrogen-bond donors (Lipinski definition) is 1. The van der Waals surface area contributed by atoms with Crippen molar-refractivity contribution >= 4 is 11.6 Å². The number of epoxide rings is 1. The van der Waals surface area contributed by atoms with E-state index in [1.54, 1.807) is 21.1 Å². The molecule has 1 saturated heterocycles. The van der Waals surface area contributed by atoms with Crippen LogP contribution in [0.4, 0.5) is 0 Å². The minimum Gasteiger partial charge on any atom is -0.391 e. The van der Waals surface area contributed by atoms with Gasteiger partial charge in [0.05, 0.1) is 25.4 Å². The molecule has 0 amide bonds. The molecule has 1 N–H and O–H groups in total. The number of ketones is 2. The summed E-state index contributed by atoms with van der Waals surface area (Å²) < 4.78 is 14.0. The van der Waals surface area contributed by atoms with Crippen LogP contribution in [0.2, 0.25) is 0 Å². The fraction of sp³-hybridized carbons (Fsp3) is 0.786. The smallest absolute Gasteiger partial charge is 0.154 e. The highest BCUT2D eigenvalue weighted by molar-refractivity contribution is 5.91. The van der Waals surface area contributed by atoms with Crippen molar-refractivity contribution in [3.05, 3.63) is 24.8 Å². The Hall–Kier alpha value is -1.34. The number of carbonyl (C=O) groups excluding carboxylic acids is 2. The van der Waals surface area contributed by atoms with Gasteiger partial charge in [-0.25, -0.2) is 0 Å². The van der Waals surface area contributed by atoms with Crippen LogP contribution in [0.15, 0.2) is 24.8 Å². The van der Waals surface area contributed by atoms with Gasteiger partial charge in [0, 0.05) is 20.8 Å². The second kappa shape index (κ2) is 53.2. The first-order valence-corrected chi connectivity index (χ1v) is 10.6. The number of methoxy groups -OCH3 is 2. The number of aliphatic hydroxyl groups is 1. The van der Waals surface area contributed by atoms with Crippen LogP contribution in [-0.2, 0) is 23.8 Å². The van der Waals surface area contributed by atoms with Crippen molar-refractivity contribution in [1.29, 1.82) is 0 Å². The first-order chi connectivity index (χ1) is 14.0. The SMILES string of the molecule is C.C.C.C.C=C(C)C(C)=O.C=CC(C)=O.CCC.CCC(O)COC.CCC1CO1.CCOC. The van der Waals surface area contributed by atoms with Crippen molar-refractivity contribution in [3.8, 4) is 0 Å². The molecule has 6 nitrogen and oxygen atoms in total. The van der Waals surface area contributed by atoms with E-state index >= 15 is 0 Å². The largest absolute Gasteiger partial charge is 0.391 e. The van der Waals surface area contributed by atoms with Crippen LogP contribution >= 0.6 is 0 Å². The van der Waals surface area contributed by atoms with E-state index in [4.69, 9.17) is 9.84 Å². The summed E-state index contributed by atoms with van der Waals surface area (Å²) in [6.07, 6.45) is 4.85. The molecular weight excluding hydrogens is 432 g/mol. The number of Topliss-reactive ketones (excluding diaryl/α,β-unsaturated/α-hetero) is 1. The average Bonchev–Trinajstić information content (AvgIpc) is 3.55. The molecule has 1 aliphatic heterocycles. The standard InChI is InChI=1S/C5H12O2.C5H8O.C4H8O.C4H6O.C3H8O.C3H8.4CH4/c1-3-5(6)4-7-2;1-4(2)5(3)6;1-2-4-3-5-4;1-3-4(2)5;1-3-4-2;1-3-2;;;;/h5-6H,3-4H2,1-2H3;1H2,2-3H3;4H,2-3H2,1H3;3H,1H2,2H3;3H2,1-2H3;3H2,1-2H3;4*1H4. The van der Waals surface area contributed by atoms with Crippen molar-refractivity contribution in [2.24, 2.45) is 0 Å². The highest BCUT2D eigenvalue weighted by Gasteiger charge is 2.18. The first kappa shape index (κ1) is 58.5. The van der Waals surface area contributed by atoms with Crippen LogP contribution in [-0.4, -0.2) is 62.9 Å². The second-order valence-corrected chi connectivity index (χ2v) is 6.32.